The monoisotopic (exact) mass is 308 g/mol. The van der Waals surface area contributed by atoms with Crippen molar-refractivity contribution in [3.63, 3.8) is 0 Å². The fourth-order valence-electron chi connectivity index (χ4n) is 1.71. The predicted octanol–water partition coefficient (Wildman–Crippen LogP) is 3.16. The van der Waals surface area contributed by atoms with Crippen LogP contribution in [0.25, 0.3) is 0 Å². The molecule has 0 bridgehead atoms. The molecule has 0 spiro atoms. The van der Waals surface area contributed by atoms with Crippen molar-refractivity contribution in [1.29, 1.82) is 0 Å². The maximum Gasteiger partial charge on any atom is 0.336 e. The number of halogens is 1. The number of carboxylic acids is 1. The Morgan fingerprint density at radius 1 is 1.33 bits per heavy atom. The first kappa shape index (κ1) is 15.0. The van der Waals surface area contributed by atoms with Gasteiger partial charge in [0.15, 0.2) is 0 Å². The lowest BCUT2D eigenvalue weighted by molar-refractivity contribution is -0.114. The smallest absolute Gasteiger partial charge is 0.336 e. The lowest BCUT2D eigenvalue weighted by Gasteiger charge is -2.09. The van der Waals surface area contributed by atoms with Crippen LogP contribution in [0.2, 0.25) is 0 Å². The Hall–Kier alpha value is -2.41. The van der Waals surface area contributed by atoms with Crippen LogP contribution in [-0.4, -0.2) is 17.0 Å². The fourth-order valence-corrected chi connectivity index (χ4v) is 2.51. The summed E-state index contributed by atoms with van der Waals surface area (Å²) < 4.78 is 13.7. The number of carboxylic acid groups (broad SMARTS) is 1. The Bertz CT molecular complexity index is 685. The molecule has 2 aromatic rings. The standard InChI is InChI=1S/C14H13FN2O3S/c1-8(18)17-10-2-3-12(15)13(5-10)16-6-11-4-9(7-21-11)14(19)20/h2-5,7,16H,6H2,1H3,(H,17,18)(H,19,20). The molecule has 3 N–H and O–H groups in total. The van der Waals surface area contributed by atoms with Gasteiger partial charge in [0.25, 0.3) is 0 Å². The summed E-state index contributed by atoms with van der Waals surface area (Å²) in [5, 5.41) is 15.8. The van der Waals surface area contributed by atoms with E-state index in [1.807, 2.05) is 0 Å². The number of thiophene rings is 1. The SMILES string of the molecule is CC(=O)Nc1ccc(F)c(NCc2cc(C(=O)O)cs2)c1. The molecule has 0 atom stereocenters. The number of carbonyl (C=O) groups excluding carboxylic acids is 1. The van der Waals surface area contributed by atoms with E-state index in [1.54, 1.807) is 0 Å². The minimum absolute atomic E-state index is 0.212. The number of nitrogens with one attached hydrogen (secondary N) is 2. The Morgan fingerprint density at radius 3 is 2.71 bits per heavy atom. The molecule has 0 aliphatic rings. The molecule has 5 nitrogen and oxygen atoms in total. The van der Waals surface area contributed by atoms with Crippen LogP contribution in [0.4, 0.5) is 15.8 Å². The molecule has 0 saturated carbocycles. The Kier molecular flexibility index (Phi) is 4.54. The van der Waals surface area contributed by atoms with Crippen molar-refractivity contribution in [1.82, 2.24) is 0 Å². The van der Waals surface area contributed by atoms with E-state index in [-0.39, 0.29) is 17.2 Å². The van der Waals surface area contributed by atoms with Crippen LogP contribution in [0.15, 0.2) is 29.6 Å². The molecule has 0 radical (unpaired) electrons. The maximum atomic E-state index is 13.7. The molecule has 2 rings (SSSR count). The first-order valence-electron chi connectivity index (χ1n) is 6.07. The molecule has 1 aromatic heterocycles. The van der Waals surface area contributed by atoms with Crippen LogP contribution >= 0.6 is 11.3 Å². The Labute approximate surface area is 124 Å². The van der Waals surface area contributed by atoms with Crippen LogP contribution in [0.3, 0.4) is 0 Å². The highest BCUT2D eigenvalue weighted by Gasteiger charge is 2.08. The van der Waals surface area contributed by atoms with Gasteiger partial charge >= 0.3 is 5.97 Å². The van der Waals surface area contributed by atoms with E-state index in [9.17, 15) is 14.0 Å². The van der Waals surface area contributed by atoms with Gasteiger partial charge in [-0.15, -0.1) is 11.3 Å². The molecule has 1 heterocycles. The van der Waals surface area contributed by atoms with Crippen LogP contribution < -0.4 is 10.6 Å². The first-order valence-corrected chi connectivity index (χ1v) is 6.95. The third-order valence-corrected chi connectivity index (χ3v) is 3.58. The van der Waals surface area contributed by atoms with Gasteiger partial charge in [-0.1, -0.05) is 0 Å². The number of hydrogen-bond donors (Lipinski definition) is 3. The maximum absolute atomic E-state index is 13.7. The van der Waals surface area contributed by atoms with Crippen LogP contribution in [0, 0.1) is 5.82 Å². The van der Waals surface area contributed by atoms with Gasteiger partial charge in [0.1, 0.15) is 5.82 Å². The highest BCUT2D eigenvalue weighted by atomic mass is 32.1. The lowest BCUT2D eigenvalue weighted by atomic mass is 10.2. The van der Waals surface area contributed by atoms with Crippen LogP contribution in [0.1, 0.15) is 22.2 Å². The van der Waals surface area contributed by atoms with E-state index in [4.69, 9.17) is 5.11 Å². The van der Waals surface area contributed by atoms with Crippen molar-refractivity contribution in [3.05, 3.63) is 45.9 Å². The number of amides is 1. The summed E-state index contributed by atoms with van der Waals surface area (Å²) in [5.74, 6) is -1.67. The molecular weight excluding hydrogens is 295 g/mol. The number of aromatic carboxylic acids is 1. The third kappa shape index (κ3) is 4.03. The van der Waals surface area contributed by atoms with E-state index < -0.39 is 11.8 Å². The predicted molar refractivity (Wildman–Crippen MR) is 79.3 cm³/mol. The molecule has 1 aromatic carbocycles. The van der Waals surface area contributed by atoms with E-state index >= 15 is 0 Å². The molecule has 0 saturated heterocycles. The van der Waals surface area contributed by atoms with Crippen molar-refractivity contribution in [2.24, 2.45) is 0 Å². The van der Waals surface area contributed by atoms with Crippen LogP contribution in [-0.2, 0) is 11.3 Å². The molecule has 7 heteroatoms. The second-order valence-electron chi connectivity index (χ2n) is 4.34. The van der Waals surface area contributed by atoms with E-state index in [0.29, 0.717) is 12.2 Å². The first-order chi connectivity index (χ1) is 9.95. The average molecular weight is 308 g/mol. The van der Waals surface area contributed by atoms with Gasteiger partial charge in [-0.2, -0.15) is 0 Å². The molecule has 110 valence electrons. The largest absolute Gasteiger partial charge is 0.478 e. The normalized spacial score (nSPS) is 10.2. The minimum Gasteiger partial charge on any atom is -0.478 e. The highest BCUT2D eigenvalue weighted by molar-refractivity contribution is 7.10. The number of benzene rings is 1. The van der Waals surface area contributed by atoms with Gasteiger partial charge in [0, 0.05) is 29.4 Å². The fraction of sp³-hybridized carbons (Fsp3) is 0.143. The number of rotatable bonds is 5. The molecule has 21 heavy (non-hydrogen) atoms. The molecule has 0 fully saturated rings. The molecule has 1 amide bonds. The highest BCUT2D eigenvalue weighted by Crippen LogP contribution is 2.22. The summed E-state index contributed by atoms with van der Waals surface area (Å²) in [6.07, 6.45) is 0. The summed E-state index contributed by atoms with van der Waals surface area (Å²) in [4.78, 5) is 22.5. The number of anilines is 2. The van der Waals surface area contributed by atoms with E-state index in [1.165, 1.54) is 47.9 Å². The zero-order valence-corrected chi connectivity index (χ0v) is 12.0. The quantitative estimate of drug-likeness (QED) is 0.793. The summed E-state index contributed by atoms with van der Waals surface area (Å²) in [5.41, 5.74) is 0.944. The average Bonchev–Trinajstić information content (AvgIpc) is 2.88. The zero-order valence-electron chi connectivity index (χ0n) is 11.1. The minimum atomic E-state index is -0.990. The van der Waals surface area contributed by atoms with Gasteiger partial charge in [0.05, 0.1) is 11.3 Å². The van der Waals surface area contributed by atoms with Gasteiger partial charge in [-0.25, -0.2) is 9.18 Å². The summed E-state index contributed by atoms with van der Waals surface area (Å²) >= 11 is 1.28. The summed E-state index contributed by atoms with van der Waals surface area (Å²) in [6, 6.07) is 5.75. The van der Waals surface area contributed by atoms with Crippen molar-refractivity contribution in [3.8, 4) is 0 Å². The zero-order chi connectivity index (χ0) is 15.4. The topological polar surface area (TPSA) is 78.4 Å². The van der Waals surface area contributed by atoms with E-state index in [0.717, 1.165) is 4.88 Å². The van der Waals surface area contributed by atoms with E-state index in [2.05, 4.69) is 10.6 Å². The van der Waals surface area contributed by atoms with Crippen molar-refractivity contribution in [2.75, 3.05) is 10.6 Å². The molecule has 0 aliphatic heterocycles. The molecule has 0 unspecified atom stereocenters. The summed E-state index contributed by atoms with van der Waals surface area (Å²) in [6.45, 7) is 1.67. The third-order valence-electron chi connectivity index (χ3n) is 2.64. The van der Waals surface area contributed by atoms with Gasteiger partial charge in [-0.3, -0.25) is 4.79 Å². The van der Waals surface area contributed by atoms with Crippen LogP contribution in [0.5, 0.6) is 0 Å². The second kappa shape index (κ2) is 6.36. The number of hydrogen-bond acceptors (Lipinski definition) is 4. The van der Waals surface area contributed by atoms with Crippen molar-refractivity contribution < 1.29 is 19.1 Å². The van der Waals surface area contributed by atoms with Gasteiger partial charge in [-0.05, 0) is 24.3 Å². The molecular formula is C14H13FN2O3S. The summed E-state index contributed by atoms with van der Waals surface area (Å²) in [7, 11) is 0. The Balaban J connectivity index is 2.07. The van der Waals surface area contributed by atoms with Crippen molar-refractivity contribution in [2.45, 2.75) is 13.5 Å². The number of carbonyl (C=O) groups is 2. The second-order valence-corrected chi connectivity index (χ2v) is 5.33. The van der Waals surface area contributed by atoms with Gasteiger partial charge in [0.2, 0.25) is 5.91 Å². The van der Waals surface area contributed by atoms with Gasteiger partial charge < -0.3 is 15.7 Å². The lowest BCUT2D eigenvalue weighted by Crippen LogP contribution is -2.07. The van der Waals surface area contributed by atoms with Crippen molar-refractivity contribution >= 4 is 34.6 Å². The molecule has 0 aliphatic carbocycles. The Morgan fingerprint density at radius 2 is 2.10 bits per heavy atom.